The van der Waals surface area contributed by atoms with Crippen LogP contribution in [0.15, 0.2) is 127 Å². The molecule has 5 fully saturated rings. The molecule has 1 nitrogen and oxygen atoms in total. The van der Waals surface area contributed by atoms with Gasteiger partial charge < -0.3 is 4.90 Å². The molecule has 6 atom stereocenters. The van der Waals surface area contributed by atoms with Gasteiger partial charge in [0.25, 0.3) is 0 Å². The molecular formula is C54H49NS. The maximum Gasteiger partial charge on any atom is 0.0476 e. The Bertz CT molecular complexity index is 2750. The van der Waals surface area contributed by atoms with Crippen molar-refractivity contribution >= 4 is 48.6 Å². The molecule has 0 amide bonds. The number of rotatable bonds is 3. The summed E-state index contributed by atoms with van der Waals surface area (Å²) in [5.74, 6) is 3.97. The van der Waals surface area contributed by atoms with E-state index in [9.17, 15) is 0 Å². The average Bonchev–Trinajstić information content (AvgIpc) is 3.78. The van der Waals surface area contributed by atoms with Gasteiger partial charge in [0.1, 0.15) is 0 Å². The third-order valence-electron chi connectivity index (χ3n) is 16.5. The Morgan fingerprint density at radius 3 is 2.02 bits per heavy atom. The lowest BCUT2D eigenvalue weighted by Crippen LogP contribution is -2.51. The van der Waals surface area contributed by atoms with Crippen molar-refractivity contribution in [3.05, 3.63) is 150 Å². The molecule has 0 saturated heterocycles. The summed E-state index contributed by atoms with van der Waals surface area (Å²) in [5.41, 5.74) is 16.4. The highest BCUT2D eigenvalue weighted by Gasteiger charge is 2.61. The number of thiophene rings is 1. The van der Waals surface area contributed by atoms with E-state index in [0.717, 1.165) is 17.8 Å². The average molecular weight is 744 g/mol. The Hall–Kier alpha value is -4.66. The van der Waals surface area contributed by atoms with E-state index >= 15 is 0 Å². The van der Waals surface area contributed by atoms with Crippen LogP contribution in [-0.2, 0) is 10.8 Å². The number of hydrogen-bond acceptors (Lipinski definition) is 2. The van der Waals surface area contributed by atoms with E-state index in [1.807, 2.05) is 11.3 Å². The quantitative estimate of drug-likeness (QED) is 0.174. The third kappa shape index (κ3) is 4.17. The monoisotopic (exact) mass is 743 g/mol. The van der Waals surface area contributed by atoms with Crippen LogP contribution in [0, 0.1) is 29.6 Å². The van der Waals surface area contributed by atoms with Crippen LogP contribution in [0.25, 0.3) is 42.4 Å². The van der Waals surface area contributed by atoms with Crippen molar-refractivity contribution in [2.24, 2.45) is 29.6 Å². The van der Waals surface area contributed by atoms with Crippen LogP contribution in [0.2, 0.25) is 0 Å². The molecule has 1 aromatic heterocycles. The summed E-state index contributed by atoms with van der Waals surface area (Å²) in [5, 5.41) is 2.73. The molecule has 4 bridgehead atoms. The van der Waals surface area contributed by atoms with Gasteiger partial charge in [0, 0.05) is 48.1 Å². The highest BCUT2D eigenvalue weighted by atomic mass is 32.1. The number of benzene rings is 6. The molecule has 5 unspecified atom stereocenters. The number of hydrogen-bond donors (Lipinski definition) is 0. The molecule has 1 heterocycles. The molecule has 2 heteroatoms. The predicted molar refractivity (Wildman–Crippen MR) is 236 cm³/mol. The second-order valence-corrected chi connectivity index (χ2v) is 19.8. The fraction of sp³-hybridized carbons (Fsp3) is 0.333. The van der Waals surface area contributed by atoms with Crippen LogP contribution in [-0.4, -0.2) is 0 Å². The van der Waals surface area contributed by atoms with E-state index in [1.165, 1.54) is 124 Å². The van der Waals surface area contributed by atoms with Gasteiger partial charge >= 0.3 is 0 Å². The Kier molecular flexibility index (Phi) is 6.78. The smallest absolute Gasteiger partial charge is 0.0476 e. The first-order valence-corrected chi connectivity index (χ1v) is 22.6. The minimum atomic E-state index is 0.0971. The van der Waals surface area contributed by atoms with E-state index < -0.39 is 0 Å². The van der Waals surface area contributed by atoms with Crippen molar-refractivity contribution in [1.29, 1.82) is 0 Å². The largest absolute Gasteiger partial charge is 0.310 e. The van der Waals surface area contributed by atoms with Gasteiger partial charge in [-0.1, -0.05) is 111 Å². The Morgan fingerprint density at radius 2 is 1.18 bits per heavy atom. The van der Waals surface area contributed by atoms with Gasteiger partial charge in [-0.15, -0.1) is 11.3 Å². The van der Waals surface area contributed by atoms with Crippen molar-refractivity contribution in [2.75, 3.05) is 4.90 Å². The second-order valence-electron chi connectivity index (χ2n) is 18.7. The Balaban J connectivity index is 1.05. The molecule has 7 aliphatic rings. The zero-order valence-electron chi connectivity index (χ0n) is 32.4. The van der Waals surface area contributed by atoms with Crippen molar-refractivity contribution in [3.63, 3.8) is 0 Å². The SMILES string of the molecule is C[C@H]1C2CCC3CC(C2)CC1C31c2ccccc2-c2ccc(N(c3ccc4c(c3)C3(CCCCC3)c3ccccc3-4)c3ccc4c(c3)sc3ccccc34)cc21. The molecule has 14 rings (SSSR count). The molecule has 7 aliphatic carbocycles. The van der Waals surface area contributed by atoms with Gasteiger partial charge in [-0.2, -0.15) is 0 Å². The zero-order chi connectivity index (χ0) is 36.8. The molecule has 6 aromatic carbocycles. The first-order chi connectivity index (χ1) is 27.6. The van der Waals surface area contributed by atoms with Gasteiger partial charge in [-0.25, -0.2) is 0 Å². The lowest BCUT2D eigenvalue weighted by atomic mass is 9.48. The van der Waals surface area contributed by atoms with Crippen molar-refractivity contribution < 1.29 is 0 Å². The van der Waals surface area contributed by atoms with E-state index in [4.69, 9.17) is 0 Å². The molecular weight excluding hydrogens is 695 g/mol. The van der Waals surface area contributed by atoms with E-state index in [-0.39, 0.29) is 10.8 Å². The number of anilines is 3. The van der Waals surface area contributed by atoms with Crippen LogP contribution in [0.5, 0.6) is 0 Å². The van der Waals surface area contributed by atoms with Gasteiger partial charge in [-0.05, 0) is 162 Å². The van der Waals surface area contributed by atoms with Crippen LogP contribution in [0.3, 0.4) is 0 Å². The second kappa shape index (κ2) is 11.7. The van der Waals surface area contributed by atoms with Gasteiger partial charge in [0.05, 0.1) is 0 Å². The van der Waals surface area contributed by atoms with Crippen LogP contribution in [0.4, 0.5) is 17.1 Å². The van der Waals surface area contributed by atoms with E-state index in [1.54, 1.807) is 22.3 Å². The van der Waals surface area contributed by atoms with Crippen molar-refractivity contribution in [2.45, 2.75) is 82.0 Å². The predicted octanol–water partition coefficient (Wildman–Crippen LogP) is 15.1. The zero-order valence-corrected chi connectivity index (χ0v) is 33.3. The minimum absolute atomic E-state index is 0.0971. The van der Waals surface area contributed by atoms with Crippen LogP contribution >= 0.6 is 11.3 Å². The van der Waals surface area contributed by atoms with Gasteiger partial charge in [-0.3, -0.25) is 0 Å². The fourth-order valence-electron chi connectivity index (χ4n) is 14.4. The maximum absolute atomic E-state index is 2.71. The molecule has 2 spiro atoms. The normalized spacial score (nSPS) is 27.4. The highest BCUT2D eigenvalue weighted by Crippen LogP contribution is 2.69. The van der Waals surface area contributed by atoms with Gasteiger partial charge in [0.15, 0.2) is 0 Å². The summed E-state index contributed by atoms with van der Waals surface area (Å²) >= 11 is 1.93. The van der Waals surface area contributed by atoms with Gasteiger partial charge in [0.2, 0.25) is 0 Å². The number of fused-ring (bicyclic) bond motifs is 12. The molecule has 0 N–H and O–H groups in total. The molecule has 276 valence electrons. The Labute approximate surface area is 335 Å². The molecule has 0 radical (unpaired) electrons. The summed E-state index contributed by atoms with van der Waals surface area (Å²) in [6.45, 7) is 2.64. The molecule has 7 aromatic rings. The topological polar surface area (TPSA) is 3.24 Å². The minimum Gasteiger partial charge on any atom is -0.310 e. The van der Waals surface area contributed by atoms with Crippen molar-refractivity contribution in [1.82, 2.24) is 0 Å². The van der Waals surface area contributed by atoms with E-state index in [2.05, 4.69) is 139 Å². The third-order valence-corrected chi connectivity index (χ3v) is 17.7. The fourth-order valence-corrected chi connectivity index (χ4v) is 15.5. The summed E-state index contributed by atoms with van der Waals surface area (Å²) in [7, 11) is 0. The summed E-state index contributed by atoms with van der Waals surface area (Å²) in [6.07, 6.45) is 13.5. The summed E-state index contributed by atoms with van der Waals surface area (Å²) in [4.78, 5) is 2.65. The standard InChI is InChI=1S/C54H49NS/c1-33-35-17-18-36-28-34(27-35)29-48(33)54(36)47-15-7-4-12-41(47)43-23-20-38(31-50(43)54)55(39-21-24-45-44-13-5-8-16-51(44)56-52(45)32-39)37-19-22-42-40-11-3-6-14-46(40)53(49(42)30-37)25-9-2-10-26-53/h3-8,11-16,19-24,30-36,48H,2,9-10,17-18,25-29H2,1H3/t33-,34?,35?,36?,48?,54?/m0/s1. The van der Waals surface area contributed by atoms with Crippen LogP contribution in [0.1, 0.15) is 93.4 Å². The molecule has 56 heavy (non-hydrogen) atoms. The molecule has 0 aliphatic heterocycles. The first-order valence-electron chi connectivity index (χ1n) is 21.8. The number of nitrogens with zero attached hydrogens (tertiary/aromatic N) is 1. The summed E-state index contributed by atoms with van der Waals surface area (Å²) in [6, 6.07) is 50.5. The first kappa shape index (κ1) is 32.4. The maximum atomic E-state index is 2.71. The van der Waals surface area contributed by atoms with Crippen molar-refractivity contribution in [3.8, 4) is 22.3 Å². The van der Waals surface area contributed by atoms with E-state index in [0.29, 0.717) is 11.8 Å². The lowest BCUT2D eigenvalue weighted by molar-refractivity contribution is 0.0174. The summed E-state index contributed by atoms with van der Waals surface area (Å²) < 4.78 is 2.73. The Morgan fingerprint density at radius 1 is 0.536 bits per heavy atom. The lowest BCUT2D eigenvalue weighted by Gasteiger charge is -2.55. The highest BCUT2D eigenvalue weighted by molar-refractivity contribution is 7.25. The van der Waals surface area contributed by atoms with Crippen LogP contribution < -0.4 is 4.90 Å². The molecule has 5 saturated carbocycles.